The Morgan fingerprint density at radius 2 is 2.27 bits per heavy atom. The number of aryl methyl sites for hydroxylation is 1. The number of aliphatic hydroxyl groups is 1. The standard InChI is InChI=1S/C17H18N2O2S/c1-11-3-2-4-14-17(11)13(8-18-14)7-16(21)19-9-15(20)12-5-6-22-10-12/h2-6,8,10,15,18,20H,7,9H2,1H3,(H,19,21). The molecule has 4 nitrogen and oxygen atoms in total. The van der Waals surface area contributed by atoms with E-state index in [1.165, 1.54) is 11.3 Å². The van der Waals surface area contributed by atoms with Crippen LogP contribution in [0.4, 0.5) is 0 Å². The monoisotopic (exact) mass is 314 g/mol. The van der Waals surface area contributed by atoms with Crippen molar-refractivity contribution in [3.63, 3.8) is 0 Å². The zero-order valence-electron chi connectivity index (χ0n) is 12.3. The molecule has 3 rings (SSSR count). The van der Waals surface area contributed by atoms with Gasteiger partial charge >= 0.3 is 0 Å². The number of aromatic nitrogens is 1. The van der Waals surface area contributed by atoms with Gasteiger partial charge in [0.2, 0.25) is 5.91 Å². The van der Waals surface area contributed by atoms with Crippen molar-refractivity contribution in [2.75, 3.05) is 6.54 Å². The van der Waals surface area contributed by atoms with Crippen LogP contribution in [0.2, 0.25) is 0 Å². The minimum absolute atomic E-state index is 0.0848. The van der Waals surface area contributed by atoms with E-state index < -0.39 is 6.10 Å². The molecule has 3 N–H and O–H groups in total. The van der Waals surface area contributed by atoms with Crippen molar-refractivity contribution in [1.29, 1.82) is 0 Å². The Bertz CT molecular complexity index is 777. The summed E-state index contributed by atoms with van der Waals surface area (Å²) in [7, 11) is 0. The van der Waals surface area contributed by atoms with Crippen LogP contribution >= 0.6 is 11.3 Å². The molecule has 0 radical (unpaired) electrons. The molecule has 3 aromatic rings. The van der Waals surface area contributed by atoms with Crippen LogP contribution in [-0.2, 0) is 11.2 Å². The van der Waals surface area contributed by atoms with Crippen molar-refractivity contribution < 1.29 is 9.90 Å². The smallest absolute Gasteiger partial charge is 0.224 e. The molecule has 114 valence electrons. The molecule has 0 fully saturated rings. The Labute approximate surface area is 132 Å². The molecule has 5 heteroatoms. The summed E-state index contributed by atoms with van der Waals surface area (Å²) in [5.74, 6) is -0.0848. The number of carbonyl (C=O) groups excluding carboxylic acids is 1. The van der Waals surface area contributed by atoms with E-state index in [1.54, 1.807) is 0 Å². The molecule has 1 atom stereocenters. The van der Waals surface area contributed by atoms with Gasteiger partial charge in [0.1, 0.15) is 0 Å². The third kappa shape index (κ3) is 3.05. The Kier molecular flexibility index (Phi) is 4.27. The van der Waals surface area contributed by atoms with Gasteiger partial charge in [0.15, 0.2) is 0 Å². The number of amides is 1. The number of aromatic amines is 1. The SMILES string of the molecule is Cc1cccc2[nH]cc(CC(=O)NCC(O)c3ccsc3)c12. The van der Waals surface area contributed by atoms with Crippen molar-refractivity contribution in [3.8, 4) is 0 Å². The quantitative estimate of drug-likeness (QED) is 0.678. The second-order valence-electron chi connectivity index (χ2n) is 5.36. The fourth-order valence-electron chi connectivity index (χ4n) is 2.62. The first-order valence-electron chi connectivity index (χ1n) is 7.17. The van der Waals surface area contributed by atoms with Gasteiger partial charge in [-0.3, -0.25) is 4.79 Å². The summed E-state index contributed by atoms with van der Waals surface area (Å²) in [6.45, 7) is 2.27. The van der Waals surface area contributed by atoms with E-state index in [0.717, 1.165) is 27.6 Å². The van der Waals surface area contributed by atoms with Gasteiger partial charge in [0, 0.05) is 23.6 Å². The van der Waals surface area contributed by atoms with E-state index in [1.807, 2.05) is 48.1 Å². The van der Waals surface area contributed by atoms with E-state index in [0.29, 0.717) is 6.42 Å². The maximum absolute atomic E-state index is 12.1. The summed E-state index contributed by atoms with van der Waals surface area (Å²) < 4.78 is 0. The molecular formula is C17H18N2O2S. The van der Waals surface area contributed by atoms with E-state index in [4.69, 9.17) is 0 Å². The second-order valence-corrected chi connectivity index (χ2v) is 6.14. The van der Waals surface area contributed by atoms with Crippen LogP contribution in [-0.4, -0.2) is 22.5 Å². The van der Waals surface area contributed by atoms with Crippen LogP contribution in [0.15, 0.2) is 41.2 Å². The molecule has 1 aromatic carbocycles. The molecular weight excluding hydrogens is 296 g/mol. The molecule has 1 amide bonds. The third-order valence-electron chi connectivity index (χ3n) is 3.77. The van der Waals surface area contributed by atoms with Gasteiger partial charge in [0.05, 0.1) is 12.5 Å². The van der Waals surface area contributed by atoms with Gasteiger partial charge in [-0.15, -0.1) is 0 Å². The molecule has 22 heavy (non-hydrogen) atoms. The average Bonchev–Trinajstić information content (AvgIpc) is 3.15. The van der Waals surface area contributed by atoms with Gasteiger partial charge < -0.3 is 15.4 Å². The molecule has 2 aromatic heterocycles. The highest BCUT2D eigenvalue weighted by molar-refractivity contribution is 7.07. The lowest BCUT2D eigenvalue weighted by Crippen LogP contribution is -2.29. The van der Waals surface area contributed by atoms with Crippen molar-refractivity contribution in [1.82, 2.24) is 10.3 Å². The number of benzene rings is 1. The molecule has 0 aliphatic carbocycles. The largest absolute Gasteiger partial charge is 0.387 e. The zero-order chi connectivity index (χ0) is 15.5. The predicted molar refractivity (Wildman–Crippen MR) is 89.0 cm³/mol. The lowest BCUT2D eigenvalue weighted by molar-refractivity contribution is -0.120. The van der Waals surface area contributed by atoms with E-state index >= 15 is 0 Å². The molecule has 0 spiro atoms. The Morgan fingerprint density at radius 3 is 3.05 bits per heavy atom. The Balaban J connectivity index is 1.64. The van der Waals surface area contributed by atoms with Gasteiger partial charge in [-0.05, 0) is 46.5 Å². The third-order valence-corrected chi connectivity index (χ3v) is 4.47. The van der Waals surface area contributed by atoms with E-state index in [2.05, 4.69) is 10.3 Å². The lowest BCUT2D eigenvalue weighted by Gasteiger charge is -2.10. The normalized spacial score (nSPS) is 12.5. The predicted octanol–water partition coefficient (Wildman–Crippen LogP) is 2.93. The molecule has 0 saturated heterocycles. The number of nitrogens with one attached hydrogen (secondary N) is 2. The van der Waals surface area contributed by atoms with Crippen LogP contribution in [0.25, 0.3) is 10.9 Å². The van der Waals surface area contributed by atoms with Gasteiger partial charge in [-0.2, -0.15) is 11.3 Å². The summed E-state index contributed by atoms with van der Waals surface area (Å²) in [6, 6.07) is 7.90. The van der Waals surface area contributed by atoms with Gasteiger partial charge in [0.25, 0.3) is 0 Å². The molecule has 1 unspecified atom stereocenters. The number of fused-ring (bicyclic) bond motifs is 1. The van der Waals surface area contributed by atoms with Crippen LogP contribution in [0.5, 0.6) is 0 Å². The molecule has 0 aliphatic rings. The number of carbonyl (C=O) groups is 1. The van der Waals surface area contributed by atoms with Crippen LogP contribution in [0, 0.1) is 6.92 Å². The van der Waals surface area contributed by atoms with Gasteiger partial charge in [-0.25, -0.2) is 0 Å². The minimum atomic E-state index is -0.653. The Morgan fingerprint density at radius 1 is 1.41 bits per heavy atom. The first kappa shape index (κ1) is 14.8. The highest BCUT2D eigenvalue weighted by Gasteiger charge is 2.13. The summed E-state index contributed by atoms with van der Waals surface area (Å²) >= 11 is 1.53. The van der Waals surface area contributed by atoms with Crippen LogP contribution in [0.1, 0.15) is 22.8 Å². The fourth-order valence-corrected chi connectivity index (χ4v) is 3.33. The molecule has 2 heterocycles. The molecule has 0 saturated carbocycles. The summed E-state index contributed by atoms with van der Waals surface area (Å²) in [5, 5.41) is 17.7. The van der Waals surface area contributed by atoms with Gasteiger partial charge in [-0.1, -0.05) is 12.1 Å². The molecule has 0 aliphatic heterocycles. The fraction of sp³-hybridized carbons (Fsp3) is 0.235. The maximum atomic E-state index is 12.1. The second kappa shape index (κ2) is 6.34. The number of hydrogen-bond acceptors (Lipinski definition) is 3. The topological polar surface area (TPSA) is 65.1 Å². The highest BCUT2D eigenvalue weighted by atomic mass is 32.1. The van der Waals surface area contributed by atoms with Crippen LogP contribution in [0.3, 0.4) is 0 Å². The number of hydrogen-bond donors (Lipinski definition) is 3. The van der Waals surface area contributed by atoms with Crippen molar-refractivity contribution in [3.05, 3.63) is 57.9 Å². The summed E-state index contributed by atoms with van der Waals surface area (Å²) in [4.78, 5) is 15.3. The van der Waals surface area contributed by atoms with Crippen molar-refractivity contribution in [2.24, 2.45) is 0 Å². The number of thiophene rings is 1. The van der Waals surface area contributed by atoms with E-state index in [9.17, 15) is 9.90 Å². The first-order valence-corrected chi connectivity index (χ1v) is 8.12. The van der Waals surface area contributed by atoms with Crippen molar-refractivity contribution in [2.45, 2.75) is 19.4 Å². The lowest BCUT2D eigenvalue weighted by atomic mass is 10.1. The summed E-state index contributed by atoms with van der Waals surface area (Å²) in [6.07, 6.45) is 1.54. The number of H-pyrrole nitrogens is 1. The zero-order valence-corrected chi connectivity index (χ0v) is 13.1. The molecule has 0 bridgehead atoms. The maximum Gasteiger partial charge on any atom is 0.224 e. The number of aliphatic hydroxyl groups excluding tert-OH is 1. The average molecular weight is 314 g/mol. The van der Waals surface area contributed by atoms with Crippen LogP contribution < -0.4 is 5.32 Å². The highest BCUT2D eigenvalue weighted by Crippen LogP contribution is 2.22. The summed E-state index contributed by atoms with van der Waals surface area (Å²) in [5.41, 5.74) is 4.02. The van der Waals surface area contributed by atoms with E-state index in [-0.39, 0.29) is 12.5 Å². The first-order chi connectivity index (χ1) is 10.6. The van der Waals surface area contributed by atoms with Crippen molar-refractivity contribution >= 4 is 28.1 Å². The number of rotatable bonds is 5. The Hall–Kier alpha value is -2.11. The minimum Gasteiger partial charge on any atom is -0.387 e.